The highest BCUT2D eigenvalue weighted by molar-refractivity contribution is 6.32. The van der Waals surface area contributed by atoms with Crippen molar-refractivity contribution in [1.82, 2.24) is 0 Å². The van der Waals surface area contributed by atoms with Crippen LogP contribution >= 0.6 is 11.6 Å². The zero-order valence-corrected chi connectivity index (χ0v) is 8.94. The smallest absolute Gasteiger partial charge is 0.317 e. The quantitative estimate of drug-likeness (QED) is 0.411. The lowest BCUT2D eigenvalue weighted by atomic mass is 9.98. The van der Waals surface area contributed by atoms with Crippen molar-refractivity contribution >= 4 is 23.3 Å². The van der Waals surface area contributed by atoms with Gasteiger partial charge in [0, 0.05) is 0 Å². The normalized spacial score (nSPS) is 22.4. The highest BCUT2D eigenvalue weighted by Crippen LogP contribution is 2.19. The molecule has 0 aromatic heterocycles. The van der Waals surface area contributed by atoms with Gasteiger partial charge in [-0.2, -0.15) is 5.26 Å². The predicted molar refractivity (Wildman–Crippen MR) is 55.2 cm³/mol. The Bertz CT molecular complexity index is 273. The Morgan fingerprint density at radius 2 is 2.33 bits per heavy atom. The maximum absolute atomic E-state index is 9.38. The summed E-state index contributed by atoms with van der Waals surface area (Å²) in [6.07, 6.45) is 3.70. The zero-order chi connectivity index (χ0) is 11.7. The molecule has 15 heavy (non-hydrogen) atoms. The van der Waals surface area contributed by atoms with Crippen LogP contribution in [0.25, 0.3) is 0 Å². The minimum absolute atomic E-state index is 0.0104. The highest BCUT2D eigenvalue weighted by atomic mass is 35.5. The van der Waals surface area contributed by atoms with Crippen LogP contribution in [-0.4, -0.2) is 27.4 Å². The number of nitrogens with zero attached hydrogens (tertiary/aromatic N) is 2. The Labute approximate surface area is 93.0 Å². The van der Waals surface area contributed by atoms with Gasteiger partial charge in [0.05, 0.1) is 17.2 Å². The molecule has 0 radical (unpaired) electrons. The van der Waals surface area contributed by atoms with Crippen LogP contribution in [0.1, 0.15) is 32.1 Å². The number of halogens is 1. The molecule has 1 fully saturated rings. The lowest BCUT2D eigenvalue weighted by molar-refractivity contribution is -0.135. The van der Waals surface area contributed by atoms with Crippen molar-refractivity contribution < 1.29 is 15.1 Å². The van der Waals surface area contributed by atoms with Crippen LogP contribution in [0.3, 0.4) is 0 Å². The van der Waals surface area contributed by atoms with E-state index in [1.54, 1.807) is 0 Å². The summed E-state index contributed by atoms with van der Waals surface area (Å²) in [5, 5.41) is 26.8. The summed E-state index contributed by atoms with van der Waals surface area (Å²) in [7, 11) is 0. The molecule has 0 bridgehead atoms. The van der Waals surface area contributed by atoms with Crippen molar-refractivity contribution in [3.8, 4) is 6.07 Å². The summed E-state index contributed by atoms with van der Waals surface area (Å²) >= 11 is 5.79. The van der Waals surface area contributed by atoms with E-state index in [-0.39, 0.29) is 5.38 Å². The summed E-state index contributed by atoms with van der Waals surface area (Å²) in [6, 6.07) is 1.47. The summed E-state index contributed by atoms with van der Waals surface area (Å²) in [5.74, 6) is -1.07. The van der Waals surface area contributed by atoms with E-state index in [9.17, 15) is 4.79 Å². The number of hydrogen-bond acceptors (Lipinski definition) is 4. The van der Waals surface area contributed by atoms with Gasteiger partial charge in [0.25, 0.3) is 0 Å². The summed E-state index contributed by atoms with van der Waals surface area (Å²) < 4.78 is 0. The molecule has 0 amide bonds. The first-order chi connectivity index (χ1) is 7.11. The molecule has 1 saturated carbocycles. The van der Waals surface area contributed by atoms with Crippen LogP contribution < -0.4 is 0 Å². The van der Waals surface area contributed by atoms with E-state index in [1.165, 1.54) is 6.07 Å². The van der Waals surface area contributed by atoms with Crippen LogP contribution in [0, 0.1) is 11.3 Å². The minimum Gasteiger partial charge on any atom is -0.480 e. The second-order valence-corrected chi connectivity index (χ2v) is 3.56. The summed E-state index contributed by atoms with van der Waals surface area (Å²) in [5.41, 5.74) is 0.753. The fourth-order valence-corrected chi connectivity index (χ4v) is 1.44. The van der Waals surface area contributed by atoms with Crippen molar-refractivity contribution in [3.05, 3.63) is 0 Å². The van der Waals surface area contributed by atoms with Gasteiger partial charge in [-0.1, -0.05) is 11.6 Å². The first-order valence-corrected chi connectivity index (χ1v) is 4.99. The minimum atomic E-state index is -1.07. The second-order valence-electron chi connectivity index (χ2n) is 3.03. The Balaban J connectivity index is 0.000000288. The number of rotatable bonds is 1. The molecular formula is C9H13ClN2O3. The third kappa shape index (κ3) is 6.75. The number of oxime groups is 1. The lowest BCUT2D eigenvalue weighted by Gasteiger charge is -2.15. The van der Waals surface area contributed by atoms with E-state index < -0.39 is 12.4 Å². The fourth-order valence-electron chi connectivity index (χ4n) is 1.13. The number of carboxylic acids is 1. The monoisotopic (exact) mass is 232 g/mol. The summed E-state index contributed by atoms with van der Waals surface area (Å²) in [4.78, 5) is 9.38. The molecule has 1 atom stereocenters. The topological polar surface area (TPSA) is 93.7 Å². The zero-order valence-electron chi connectivity index (χ0n) is 8.19. The maximum atomic E-state index is 9.38. The molecule has 1 aliphatic rings. The number of nitriles is 1. The third-order valence-electron chi connectivity index (χ3n) is 1.86. The van der Waals surface area contributed by atoms with Gasteiger partial charge >= 0.3 is 5.97 Å². The van der Waals surface area contributed by atoms with Crippen molar-refractivity contribution in [2.24, 2.45) is 5.16 Å². The number of alkyl halides is 1. The van der Waals surface area contributed by atoms with Crippen molar-refractivity contribution in [1.29, 1.82) is 5.26 Å². The van der Waals surface area contributed by atoms with Gasteiger partial charge < -0.3 is 10.3 Å². The van der Waals surface area contributed by atoms with Gasteiger partial charge in [-0.05, 0) is 19.3 Å². The number of carboxylic acid groups (broad SMARTS) is 1. The molecule has 0 aliphatic heterocycles. The Kier molecular flexibility index (Phi) is 7.38. The van der Waals surface area contributed by atoms with Gasteiger partial charge in [-0.15, -0.1) is 11.6 Å². The van der Waals surface area contributed by atoms with Crippen molar-refractivity contribution in [2.45, 2.75) is 37.5 Å². The molecule has 1 aliphatic carbocycles. The van der Waals surface area contributed by atoms with E-state index in [4.69, 9.17) is 27.2 Å². The number of carbonyl (C=O) groups is 1. The molecule has 0 aromatic rings. The van der Waals surface area contributed by atoms with Crippen LogP contribution in [0.2, 0.25) is 0 Å². The highest BCUT2D eigenvalue weighted by Gasteiger charge is 2.17. The standard InChI is InChI=1S/C6H10ClNO.C3H3NO2/c7-5-3-1-2-4-6(5)8-9;4-2-1-3(5)6/h5,9H,1-4H2;1H2,(H,5,6). The largest absolute Gasteiger partial charge is 0.480 e. The van der Waals surface area contributed by atoms with Crippen molar-refractivity contribution in [3.63, 3.8) is 0 Å². The Morgan fingerprint density at radius 3 is 2.60 bits per heavy atom. The molecule has 0 aromatic carbocycles. The molecule has 0 saturated heterocycles. The molecule has 0 heterocycles. The first-order valence-electron chi connectivity index (χ1n) is 4.55. The van der Waals surface area contributed by atoms with E-state index in [0.29, 0.717) is 0 Å². The van der Waals surface area contributed by atoms with E-state index >= 15 is 0 Å². The molecule has 5 nitrogen and oxygen atoms in total. The van der Waals surface area contributed by atoms with Crippen molar-refractivity contribution in [2.75, 3.05) is 0 Å². The predicted octanol–water partition coefficient (Wildman–Crippen LogP) is 1.98. The van der Waals surface area contributed by atoms with Gasteiger partial charge in [0.2, 0.25) is 0 Å². The number of hydrogen-bond donors (Lipinski definition) is 2. The van der Waals surface area contributed by atoms with Crippen LogP contribution in [-0.2, 0) is 4.79 Å². The van der Waals surface area contributed by atoms with Gasteiger partial charge in [0.15, 0.2) is 0 Å². The molecular weight excluding hydrogens is 220 g/mol. The summed E-state index contributed by atoms with van der Waals surface area (Å²) in [6.45, 7) is 0. The van der Waals surface area contributed by atoms with Crippen LogP contribution in [0.4, 0.5) is 0 Å². The average Bonchev–Trinajstić information content (AvgIpc) is 2.19. The maximum Gasteiger partial charge on any atom is 0.317 e. The molecule has 2 N–H and O–H groups in total. The Morgan fingerprint density at radius 1 is 1.67 bits per heavy atom. The molecule has 84 valence electrons. The molecule has 0 spiro atoms. The third-order valence-corrected chi connectivity index (χ3v) is 2.33. The number of aliphatic carboxylic acids is 1. The molecule has 1 rings (SSSR count). The Hall–Kier alpha value is -1.28. The van der Waals surface area contributed by atoms with Gasteiger partial charge in [-0.3, -0.25) is 4.79 Å². The molecule has 6 heteroatoms. The van der Waals surface area contributed by atoms with E-state index in [0.717, 1.165) is 31.4 Å². The SMILES string of the molecule is N#CCC(=O)O.ON=C1CCCCC1Cl. The lowest BCUT2D eigenvalue weighted by Crippen LogP contribution is -2.18. The molecule has 1 unspecified atom stereocenters. The van der Waals surface area contributed by atoms with Gasteiger partial charge in [-0.25, -0.2) is 0 Å². The van der Waals surface area contributed by atoms with E-state index in [2.05, 4.69) is 5.16 Å². The first kappa shape index (κ1) is 13.7. The average molecular weight is 233 g/mol. The van der Waals surface area contributed by atoms with Crippen LogP contribution in [0.5, 0.6) is 0 Å². The fraction of sp³-hybridized carbons (Fsp3) is 0.667. The van der Waals surface area contributed by atoms with Gasteiger partial charge in [0.1, 0.15) is 6.42 Å². The van der Waals surface area contributed by atoms with E-state index in [1.807, 2.05) is 0 Å². The van der Waals surface area contributed by atoms with Crippen LogP contribution in [0.15, 0.2) is 5.16 Å². The second kappa shape index (κ2) is 8.06.